The number of hydrogen-bond acceptors (Lipinski definition) is 12. The first-order valence-electron chi connectivity index (χ1n) is 12.0. The van der Waals surface area contributed by atoms with Crippen molar-refractivity contribution in [2.45, 2.75) is 28.6 Å². The molecule has 4 rings (SSSR count). The van der Waals surface area contributed by atoms with E-state index in [0.29, 0.717) is 15.8 Å². The van der Waals surface area contributed by atoms with Crippen molar-refractivity contribution in [2.75, 3.05) is 33.4 Å². The van der Waals surface area contributed by atoms with E-state index in [9.17, 15) is 34.8 Å². The summed E-state index contributed by atoms with van der Waals surface area (Å²) in [5.41, 5.74) is 6.47. The molecule has 0 aliphatic rings. The highest BCUT2D eigenvalue weighted by Crippen LogP contribution is 2.41. The molecule has 2 heterocycles. The van der Waals surface area contributed by atoms with E-state index in [1.54, 1.807) is 18.2 Å². The number of alkyl halides is 3. The minimum Gasteiger partial charge on any atom is -0.406 e. The van der Waals surface area contributed by atoms with E-state index in [4.69, 9.17) is 10.9 Å². The van der Waals surface area contributed by atoms with Crippen LogP contribution in [0.25, 0.3) is 32.7 Å². The molecule has 0 aliphatic carbocycles. The number of para-hydroxylation sites is 1. The third-order valence-electron chi connectivity index (χ3n) is 6.01. The minimum atomic E-state index is -5.26. The highest BCUT2D eigenvalue weighted by molar-refractivity contribution is 7.92. The summed E-state index contributed by atoms with van der Waals surface area (Å²) in [5, 5.41) is 19.1. The van der Waals surface area contributed by atoms with E-state index in [2.05, 4.69) is 35.1 Å². The molecule has 0 saturated carbocycles. The summed E-state index contributed by atoms with van der Waals surface area (Å²) in [6.45, 7) is -0.547. The lowest BCUT2D eigenvalue weighted by Gasteiger charge is -2.33. The van der Waals surface area contributed by atoms with Gasteiger partial charge in [-0.05, 0) is 22.9 Å². The van der Waals surface area contributed by atoms with Crippen molar-refractivity contribution in [3.63, 3.8) is 0 Å². The predicted octanol–water partition coefficient (Wildman–Crippen LogP) is 1.18. The van der Waals surface area contributed by atoms with Crippen LogP contribution < -0.4 is 15.6 Å². The van der Waals surface area contributed by atoms with E-state index in [1.165, 1.54) is 38.5 Å². The molecule has 0 bridgehead atoms. The number of benzene rings is 2. The second kappa shape index (κ2) is 11.4. The highest BCUT2D eigenvalue weighted by atomic mass is 32.2. The number of tetrazole rings is 1. The number of aromatic amines is 1. The smallest absolute Gasteiger partial charge is 0.406 e. The van der Waals surface area contributed by atoms with Crippen LogP contribution in [-0.2, 0) is 29.6 Å². The number of nitrogen functional groups attached to an aromatic ring is 1. The zero-order valence-corrected chi connectivity index (χ0v) is 25.0. The first-order valence-corrected chi connectivity index (χ1v) is 15.8. The largest absolute Gasteiger partial charge is 0.491 e. The Hall–Kier alpha value is -3.76. The SMILES string of the molecule is C[N+](C)(C)C(CCNS(=O)(=O)c1ccc(-c2cccc3sc(N)nc23)c(-c2nn[nH]n2)c1S(N)(=O)=O)OC(=O)C(F)(F)F. The molecule has 2 aromatic heterocycles. The summed E-state index contributed by atoms with van der Waals surface area (Å²) >= 11 is 1.17. The normalized spacial score (nSPS) is 13.7. The summed E-state index contributed by atoms with van der Waals surface area (Å²) in [5.74, 6) is -2.75. The van der Waals surface area contributed by atoms with Gasteiger partial charge in [0.05, 0.1) is 43.3 Å². The number of nitrogens with one attached hydrogen (secondary N) is 2. The Labute approximate surface area is 246 Å². The monoisotopic (exact) mass is 664 g/mol. The van der Waals surface area contributed by atoms with Crippen molar-refractivity contribution in [1.82, 2.24) is 30.3 Å². The molecule has 0 saturated heterocycles. The first-order chi connectivity index (χ1) is 19.8. The molecule has 4 aromatic rings. The molecule has 43 heavy (non-hydrogen) atoms. The topological polar surface area (TPSA) is 226 Å². The maximum absolute atomic E-state index is 13.5. The zero-order valence-electron chi connectivity index (χ0n) is 22.6. The Bertz CT molecular complexity index is 1890. The number of ether oxygens (including phenoxy) is 1. The number of H-pyrrole nitrogens is 1. The zero-order chi connectivity index (χ0) is 32.0. The lowest BCUT2D eigenvalue weighted by Crippen LogP contribution is -2.50. The number of esters is 1. The number of halogens is 3. The van der Waals surface area contributed by atoms with Crippen LogP contribution in [0.3, 0.4) is 0 Å². The van der Waals surface area contributed by atoms with Crippen molar-refractivity contribution in [1.29, 1.82) is 0 Å². The number of aromatic nitrogens is 5. The van der Waals surface area contributed by atoms with E-state index < -0.39 is 61.2 Å². The van der Waals surface area contributed by atoms with Gasteiger partial charge in [-0.15, -0.1) is 10.2 Å². The number of sulfonamides is 2. The van der Waals surface area contributed by atoms with Crippen LogP contribution >= 0.6 is 11.3 Å². The van der Waals surface area contributed by atoms with Crippen molar-refractivity contribution in [2.24, 2.45) is 5.14 Å². The third-order valence-corrected chi connectivity index (χ3v) is 9.49. The van der Waals surface area contributed by atoms with Crippen molar-refractivity contribution in [3.8, 4) is 22.5 Å². The van der Waals surface area contributed by atoms with E-state index in [1.807, 2.05) is 0 Å². The number of nitrogens with zero attached hydrogens (tertiary/aromatic N) is 5. The third kappa shape index (κ3) is 6.91. The standard InChI is InChI=1S/C22H25F3N9O6S3/c1-34(2,3)15(40-20(35)22(23,24)25)9-10-28-43(38,39)14-8-7-11(12-5-4-6-13-17(12)29-21(26)41-13)16(18(14)42(27,36)37)19-30-32-33-31-19/h4-8,15,28H,9-10H2,1-3H3,(H2,26,29)(H2,27,36,37)(H,30,31,32,33)/q+1. The van der Waals surface area contributed by atoms with Crippen molar-refractivity contribution >= 4 is 52.7 Å². The molecule has 2 aromatic carbocycles. The fourth-order valence-electron chi connectivity index (χ4n) is 4.14. The second-order valence-electron chi connectivity index (χ2n) is 9.96. The van der Waals surface area contributed by atoms with E-state index in [0.717, 1.165) is 6.07 Å². The number of carbonyl (C=O) groups excluding carboxylic acids is 1. The van der Waals surface area contributed by atoms with Crippen LogP contribution in [0.4, 0.5) is 18.3 Å². The van der Waals surface area contributed by atoms with Gasteiger partial charge in [-0.3, -0.25) is 4.48 Å². The van der Waals surface area contributed by atoms with Gasteiger partial charge in [-0.1, -0.05) is 29.5 Å². The molecule has 0 fully saturated rings. The number of rotatable bonds is 10. The number of primary sulfonamides is 1. The molecule has 1 unspecified atom stereocenters. The molecule has 0 amide bonds. The van der Waals surface area contributed by atoms with Crippen LogP contribution in [0, 0.1) is 0 Å². The number of anilines is 1. The number of fused-ring (bicyclic) bond motifs is 1. The molecule has 0 radical (unpaired) electrons. The average Bonchev–Trinajstić information content (AvgIpc) is 3.54. The summed E-state index contributed by atoms with van der Waals surface area (Å²) in [6.07, 6.45) is -7.09. The van der Waals surface area contributed by atoms with Gasteiger partial charge < -0.3 is 10.5 Å². The van der Waals surface area contributed by atoms with Gasteiger partial charge in [-0.25, -0.2) is 36.5 Å². The van der Waals surface area contributed by atoms with Gasteiger partial charge in [-0.2, -0.15) is 18.4 Å². The fourth-order valence-corrected chi connectivity index (χ4v) is 7.55. The van der Waals surface area contributed by atoms with Crippen LogP contribution in [0.1, 0.15) is 6.42 Å². The van der Waals surface area contributed by atoms with Crippen molar-refractivity contribution in [3.05, 3.63) is 30.3 Å². The summed E-state index contributed by atoms with van der Waals surface area (Å²) < 4.78 is 98.4. The van der Waals surface area contributed by atoms with Gasteiger partial charge in [0.2, 0.25) is 32.1 Å². The Kier molecular flexibility index (Phi) is 8.52. The predicted molar refractivity (Wildman–Crippen MR) is 148 cm³/mol. The second-order valence-corrected chi connectivity index (χ2v) is 14.3. The van der Waals surface area contributed by atoms with E-state index >= 15 is 0 Å². The Morgan fingerprint density at radius 1 is 1.14 bits per heavy atom. The molecule has 0 spiro atoms. The van der Waals surface area contributed by atoms with Crippen LogP contribution in [0.2, 0.25) is 0 Å². The summed E-state index contributed by atoms with van der Waals surface area (Å²) in [4.78, 5) is 14.1. The minimum absolute atomic E-state index is 0.143. The molecule has 6 N–H and O–H groups in total. The van der Waals surface area contributed by atoms with Gasteiger partial charge in [0.25, 0.3) is 0 Å². The molecular formula is C22H25F3N9O6S3+. The molecule has 232 valence electrons. The maximum Gasteiger partial charge on any atom is 0.491 e. The Balaban J connectivity index is 1.80. The Morgan fingerprint density at radius 3 is 2.42 bits per heavy atom. The van der Waals surface area contributed by atoms with E-state index in [-0.39, 0.29) is 26.6 Å². The fraction of sp³-hybridized carbons (Fsp3) is 0.318. The van der Waals surface area contributed by atoms with Crippen LogP contribution in [0.5, 0.6) is 0 Å². The Morgan fingerprint density at radius 2 is 1.84 bits per heavy atom. The molecular weight excluding hydrogens is 639 g/mol. The molecule has 0 aliphatic heterocycles. The van der Waals surface area contributed by atoms with Gasteiger partial charge in [0, 0.05) is 12.1 Å². The molecule has 15 nitrogen and oxygen atoms in total. The van der Waals surface area contributed by atoms with Gasteiger partial charge in [0.15, 0.2) is 5.13 Å². The number of quaternary nitrogens is 1. The van der Waals surface area contributed by atoms with Gasteiger partial charge >= 0.3 is 12.1 Å². The molecule has 21 heteroatoms. The van der Waals surface area contributed by atoms with Crippen molar-refractivity contribution < 1.29 is 44.0 Å². The quantitative estimate of drug-likeness (QED) is 0.107. The maximum atomic E-state index is 13.5. The average molecular weight is 665 g/mol. The highest BCUT2D eigenvalue weighted by Gasteiger charge is 2.44. The number of thiazole rings is 1. The summed E-state index contributed by atoms with van der Waals surface area (Å²) in [6, 6.07) is 7.30. The lowest BCUT2D eigenvalue weighted by atomic mass is 9.98. The lowest BCUT2D eigenvalue weighted by molar-refractivity contribution is -0.917. The number of nitrogens with two attached hydrogens (primary N) is 2. The van der Waals surface area contributed by atoms with Gasteiger partial charge in [0.1, 0.15) is 9.79 Å². The number of hydrogen-bond donors (Lipinski definition) is 4. The van der Waals surface area contributed by atoms with Crippen LogP contribution in [0.15, 0.2) is 40.1 Å². The number of carbonyl (C=O) groups is 1. The summed E-state index contributed by atoms with van der Waals surface area (Å²) in [7, 11) is -5.23. The molecule has 1 atom stereocenters. The first kappa shape index (κ1) is 32.2. The van der Waals surface area contributed by atoms with Crippen LogP contribution in [-0.4, -0.2) is 93.0 Å².